The van der Waals surface area contributed by atoms with Crippen LogP contribution in [-0.2, 0) is 0 Å². The maximum Gasteiger partial charge on any atom is 0.573 e. The first-order chi connectivity index (χ1) is 12.7. The minimum atomic E-state index is -5.03. The third kappa shape index (κ3) is 4.54. The van der Waals surface area contributed by atoms with Crippen LogP contribution >= 0.6 is 0 Å². The van der Waals surface area contributed by atoms with E-state index in [-0.39, 0.29) is 11.4 Å². The predicted octanol–water partition coefficient (Wildman–Crippen LogP) is 3.95. The predicted molar refractivity (Wildman–Crippen MR) is 89.5 cm³/mol. The number of halogens is 4. The Balaban J connectivity index is 1.72. The van der Waals surface area contributed by atoms with Gasteiger partial charge in [0.25, 0.3) is 5.91 Å². The monoisotopic (exact) mass is 380 g/mol. The van der Waals surface area contributed by atoms with Gasteiger partial charge in [-0.25, -0.2) is 4.39 Å². The number of nitrogens with zero attached hydrogens (tertiary/aromatic N) is 1. The van der Waals surface area contributed by atoms with Crippen LogP contribution in [0.4, 0.5) is 29.1 Å². The van der Waals surface area contributed by atoms with Gasteiger partial charge in [0.2, 0.25) is 0 Å². The van der Waals surface area contributed by atoms with Crippen molar-refractivity contribution in [2.24, 2.45) is 0 Å². The van der Waals surface area contributed by atoms with Crippen molar-refractivity contribution in [3.63, 3.8) is 0 Å². The smallest absolute Gasteiger partial charge is 0.403 e. The maximum absolute atomic E-state index is 13.7. The molecule has 0 radical (unpaired) electrons. The van der Waals surface area contributed by atoms with E-state index in [1.165, 1.54) is 0 Å². The fraction of sp³-hybridized carbons (Fsp3) is 0.0588. The highest BCUT2D eigenvalue weighted by Crippen LogP contribution is 2.26. The van der Waals surface area contributed by atoms with Crippen LogP contribution in [0.3, 0.4) is 0 Å². The lowest BCUT2D eigenvalue weighted by molar-refractivity contribution is -0.275. The van der Waals surface area contributed by atoms with E-state index in [2.05, 4.69) is 20.3 Å². The van der Waals surface area contributed by atoms with E-state index in [1.807, 2.05) is 0 Å². The average molecular weight is 380 g/mol. The molecule has 0 fully saturated rings. The highest BCUT2D eigenvalue weighted by Gasteiger charge is 2.32. The molecule has 0 aliphatic heterocycles. The van der Waals surface area contributed by atoms with Crippen LogP contribution in [0.5, 0.6) is 5.75 Å². The van der Waals surface area contributed by atoms with E-state index < -0.39 is 23.8 Å². The molecule has 0 bridgehead atoms. The van der Waals surface area contributed by atoms with E-state index in [1.54, 1.807) is 30.3 Å². The molecule has 0 unspecified atom stereocenters. The number of ether oxygens (including phenoxy) is 1. The van der Waals surface area contributed by atoms with Crippen molar-refractivity contribution in [2.45, 2.75) is 6.36 Å². The van der Waals surface area contributed by atoms with Crippen molar-refractivity contribution < 1.29 is 27.1 Å². The summed E-state index contributed by atoms with van der Waals surface area (Å²) in [5.41, 5.74) is 7.38. The first kappa shape index (κ1) is 18.2. The van der Waals surface area contributed by atoms with Crippen molar-refractivity contribution in [1.29, 1.82) is 0 Å². The van der Waals surface area contributed by atoms with Crippen LogP contribution in [-0.4, -0.2) is 22.5 Å². The molecule has 3 rings (SSSR count). The van der Waals surface area contributed by atoms with Crippen LogP contribution in [0.2, 0.25) is 0 Å². The number of H-pyrrole nitrogens is 1. The molecular formula is C17H12F4N4O2. The molecule has 6 nitrogen and oxygen atoms in total. The number of nitrogen functional groups attached to an aromatic ring is 1. The lowest BCUT2D eigenvalue weighted by atomic mass is 10.1. The third-order valence-corrected chi connectivity index (χ3v) is 3.46. The van der Waals surface area contributed by atoms with Crippen LogP contribution in [0, 0.1) is 5.82 Å². The molecule has 0 saturated heterocycles. The number of anilines is 2. The van der Waals surface area contributed by atoms with E-state index >= 15 is 0 Å². The largest absolute Gasteiger partial charge is 0.573 e. The van der Waals surface area contributed by atoms with Gasteiger partial charge < -0.3 is 15.8 Å². The summed E-state index contributed by atoms with van der Waals surface area (Å²) in [6, 6.07) is 10.8. The Morgan fingerprint density at radius 2 is 1.81 bits per heavy atom. The van der Waals surface area contributed by atoms with Crippen LogP contribution in [0.15, 0.2) is 48.5 Å². The number of benzene rings is 2. The number of carbonyl (C=O) groups excluding carboxylic acids is 1. The SMILES string of the molecule is Nc1ccc(-c2cc(NC(=O)c3ccc(OC(F)(F)F)c(F)c3)n[nH]2)cc1. The Kier molecular flexibility index (Phi) is 4.72. The molecule has 4 N–H and O–H groups in total. The van der Waals surface area contributed by atoms with Gasteiger partial charge in [-0.05, 0) is 35.9 Å². The van der Waals surface area contributed by atoms with Crippen molar-refractivity contribution in [3.8, 4) is 17.0 Å². The topological polar surface area (TPSA) is 93.0 Å². The zero-order valence-corrected chi connectivity index (χ0v) is 13.5. The molecule has 3 aromatic rings. The van der Waals surface area contributed by atoms with Gasteiger partial charge in [0.15, 0.2) is 17.4 Å². The van der Waals surface area contributed by atoms with Gasteiger partial charge >= 0.3 is 6.36 Å². The Morgan fingerprint density at radius 3 is 2.44 bits per heavy atom. The number of aromatic nitrogens is 2. The number of carbonyl (C=O) groups is 1. The van der Waals surface area contributed by atoms with Crippen molar-refractivity contribution in [2.75, 3.05) is 11.1 Å². The number of alkyl halides is 3. The Labute approximate surface area is 149 Å². The first-order valence-electron chi connectivity index (χ1n) is 7.49. The third-order valence-electron chi connectivity index (χ3n) is 3.46. The van der Waals surface area contributed by atoms with Gasteiger partial charge in [-0.15, -0.1) is 13.2 Å². The summed E-state index contributed by atoms with van der Waals surface area (Å²) in [6.07, 6.45) is -5.03. The molecule has 140 valence electrons. The van der Waals surface area contributed by atoms with E-state index in [4.69, 9.17) is 5.73 Å². The Morgan fingerprint density at radius 1 is 1.11 bits per heavy atom. The highest BCUT2D eigenvalue weighted by molar-refractivity contribution is 6.04. The number of nitrogens with two attached hydrogens (primary N) is 1. The van der Waals surface area contributed by atoms with Gasteiger partial charge in [0.1, 0.15) is 0 Å². The number of rotatable bonds is 4. The van der Waals surface area contributed by atoms with Gasteiger partial charge in [0.05, 0.1) is 5.69 Å². The van der Waals surface area contributed by atoms with Crippen LogP contribution in [0.25, 0.3) is 11.3 Å². The first-order valence-corrected chi connectivity index (χ1v) is 7.49. The zero-order chi connectivity index (χ0) is 19.6. The molecule has 10 heteroatoms. The van der Waals surface area contributed by atoms with Gasteiger partial charge in [-0.2, -0.15) is 5.10 Å². The van der Waals surface area contributed by atoms with Crippen molar-refractivity contribution in [3.05, 3.63) is 59.9 Å². The summed E-state index contributed by atoms with van der Waals surface area (Å²) in [4.78, 5) is 12.1. The summed E-state index contributed by atoms with van der Waals surface area (Å²) < 4.78 is 53.7. The Hall–Kier alpha value is -3.56. The molecule has 0 aliphatic carbocycles. The molecule has 27 heavy (non-hydrogen) atoms. The molecule has 0 atom stereocenters. The number of nitrogens with one attached hydrogen (secondary N) is 2. The molecule has 0 aliphatic rings. The number of amides is 1. The number of hydrogen-bond acceptors (Lipinski definition) is 4. The summed E-state index contributed by atoms with van der Waals surface area (Å²) in [5.74, 6) is -2.93. The molecule has 1 amide bonds. The average Bonchev–Trinajstić information content (AvgIpc) is 3.04. The molecule has 1 heterocycles. The van der Waals surface area contributed by atoms with E-state index in [0.717, 1.165) is 17.7 Å². The fourth-order valence-electron chi connectivity index (χ4n) is 2.23. The quantitative estimate of drug-likeness (QED) is 0.472. The summed E-state index contributed by atoms with van der Waals surface area (Å²) in [7, 11) is 0. The molecular weight excluding hydrogens is 368 g/mol. The summed E-state index contributed by atoms with van der Waals surface area (Å²) in [6.45, 7) is 0. The lowest BCUT2D eigenvalue weighted by Crippen LogP contribution is -2.18. The number of aromatic amines is 1. The minimum Gasteiger partial charge on any atom is -0.403 e. The zero-order valence-electron chi connectivity index (χ0n) is 13.5. The van der Waals surface area contributed by atoms with E-state index in [0.29, 0.717) is 17.4 Å². The molecule has 1 aromatic heterocycles. The normalized spacial score (nSPS) is 11.3. The number of hydrogen-bond donors (Lipinski definition) is 3. The van der Waals surface area contributed by atoms with Crippen molar-refractivity contribution in [1.82, 2.24) is 10.2 Å². The second-order valence-corrected chi connectivity index (χ2v) is 5.44. The minimum absolute atomic E-state index is 0.155. The summed E-state index contributed by atoms with van der Waals surface area (Å²) >= 11 is 0. The molecule has 2 aromatic carbocycles. The van der Waals surface area contributed by atoms with Gasteiger partial charge in [-0.3, -0.25) is 9.89 Å². The van der Waals surface area contributed by atoms with Gasteiger partial charge in [-0.1, -0.05) is 12.1 Å². The van der Waals surface area contributed by atoms with E-state index in [9.17, 15) is 22.4 Å². The second-order valence-electron chi connectivity index (χ2n) is 5.44. The standard InChI is InChI=1S/C17H12F4N4O2/c18-12-7-10(3-6-14(12)27-17(19,20)21)16(26)23-15-8-13(24-25-15)9-1-4-11(22)5-2-9/h1-8H,22H2,(H2,23,24,25,26). The maximum atomic E-state index is 13.7. The fourth-order valence-corrected chi connectivity index (χ4v) is 2.23. The van der Waals surface area contributed by atoms with Gasteiger partial charge in [0, 0.05) is 17.3 Å². The lowest BCUT2D eigenvalue weighted by Gasteiger charge is -2.10. The highest BCUT2D eigenvalue weighted by atomic mass is 19.4. The summed E-state index contributed by atoms with van der Waals surface area (Å²) in [5, 5.41) is 9.05. The van der Waals surface area contributed by atoms with Crippen LogP contribution in [0.1, 0.15) is 10.4 Å². The second kappa shape index (κ2) is 6.98. The Bertz CT molecular complexity index is 968. The molecule has 0 spiro atoms. The van der Waals surface area contributed by atoms with Crippen LogP contribution < -0.4 is 15.8 Å². The van der Waals surface area contributed by atoms with Crippen molar-refractivity contribution >= 4 is 17.4 Å². The molecule has 0 saturated carbocycles.